The molecule has 0 radical (unpaired) electrons. The van der Waals surface area contributed by atoms with Crippen LogP contribution in [0.4, 0.5) is 5.69 Å². The highest BCUT2D eigenvalue weighted by molar-refractivity contribution is 5.71. The maximum absolute atomic E-state index is 11.7. The molecule has 1 aromatic rings. The molecule has 148 valence electrons. The molecule has 1 saturated heterocycles. The molecule has 4 rings (SSSR count). The second kappa shape index (κ2) is 7.92. The van der Waals surface area contributed by atoms with Gasteiger partial charge in [-0.1, -0.05) is 38.0 Å². The van der Waals surface area contributed by atoms with E-state index in [2.05, 4.69) is 41.5 Å². The molecule has 2 heterocycles. The van der Waals surface area contributed by atoms with Gasteiger partial charge in [-0.3, -0.25) is 4.79 Å². The van der Waals surface area contributed by atoms with Crippen LogP contribution in [-0.4, -0.2) is 36.5 Å². The number of nitrogens with zero attached hydrogens (tertiary/aromatic N) is 1. The number of para-hydroxylation sites is 1. The molecule has 3 aliphatic rings. The molecule has 27 heavy (non-hydrogen) atoms. The van der Waals surface area contributed by atoms with Gasteiger partial charge in [-0.15, -0.1) is 0 Å². The zero-order chi connectivity index (χ0) is 18.9. The number of nitrogens with one attached hydrogen (secondary N) is 2. The topological polar surface area (TPSA) is 36.8 Å². The van der Waals surface area contributed by atoms with Gasteiger partial charge < -0.3 is 4.90 Å². The zero-order valence-corrected chi connectivity index (χ0v) is 17.1. The lowest BCUT2D eigenvalue weighted by atomic mass is 9.73. The van der Waals surface area contributed by atoms with Crippen molar-refractivity contribution < 1.29 is 9.80 Å². The van der Waals surface area contributed by atoms with Crippen LogP contribution < -0.4 is 10.4 Å². The molecule has 1 atom stereocenters. The van der Waals surface area contributed by atoms with E-state index in [1.165, 1.54) is 75.7 Å². The summed E-state index contributed by atoms with van der Waals surface area (Å²) in [5.41, 5.74) is 6.12. The van der Waals surface area contributed by atoms with Gasteiger partial charge in [-0.25, -0.2) is 0 Å². The van der Waals surface area contributed by atoms with Crippen LogP contribution in [0, 0.1) is 5.92 Å². The number of fused-ring (bicyclic) bond motifs is 2. The molecule has 1 unspecified atom stereocenters. The molecule has 4 nitrogen and oxygen atoms in total. The van der Waals surface area contributed by atoms with Crippen LogP contribution in [0.3, 0.4) is 0 Å². The van der Waals surface area contributed by atoms with Gasteiger partial charge in [0.1, 0.15) is 6.54 Å². The number of hydrogen-bond acceptors (Lipinski definition) is 2. The maximum Gasteiger partial charge on any atom is 0.262 e. The van der Waals surface area contributed by atoms with E-state index in [9.17, 15) is 4.79 Å². The number of carbonyl (C=O) groups excluding carboxylic acids is 1. The summed E-state index contributed by atoms with van der Waals surface area (Å²) in [6, 6.07) is 9.57. The highest BCUT2D eigenvalue weighted by atomic mass is 16.2. The minimum atomic E-state index is 0.0538. The van der Waals surface area contributed by atoms with Crippen LogP contribution in [0.1, 0.15) is 70.8 Å². The van der Waals surface area contributed by atoms with E-state index in [0.29, 0.717) is 0 Å². The Labute approximate surface area is 164 Å². The predicted molar refractivity (Wildman–Crippen MR) is 109 cm³/mol. The van der Waals surface area contributed by atoms with Crippen molar-refractivity contribution in [1.82, 2.24) is 10.3 Å². The average molecular weight is 371 g/mol. The van der Waals surface area contributed by atoms with Gasteiger partial charge in [0.2, 0.25) is 0 Å². The van der Waals surface area contributed by atoms with E-state index < -0.39 is 0 Å². The number of likely N-dealkylation sites (tertiary alicyclic amines) is 1. The molecule has 2 N–H and O–H groups in total. The Hall–Kier alpha value is -1.39. The lowest BCUT2D eigenvalue weighted by Gasteiger charge is -2.44. The Morgan fingerprint density at radius 2 is 1.89 bits per heavy atom. The summed E-state index contributed by atoms with van der Waals surface area (Å²) in [5.74, 6) is 1.04. The predicted octanol–water partition coefficient (Wildman–Crippen LogP) is 2.96. The van der Waals surface area contributed by atoms with Gasteiger partial charge in [0.25, 0.3) is 5.91 Å². The first kappa shape index (κ1) is 18.9. The Kier molecular flexibility index (Phi) is 5.56. The third-order valence-corrected chi connectivity index (χ3v) is 7.45. The van der Waals surface area contributed by atoms with Crippen molar-refractivity contribution in [1.29, 1.82) is 0 Å². The van der Waals surface area contributed by atoms with Gasteiger partial charge in [-0.05, 0) is 57.5 Å². The van der Waals surface area contributed by atoms with E-state index in [-0.39, 0.29) is 11.3 Å². The van der Waals surface area contributed by atoms with E-state index in [4.69, 9.17) is 0 Å². The van der Waals surface area contributed by atoms with Gasteiger partial charge in [0.05, 0.1) is 5.41 Å². The number of amides is 1. The summed E-state index contributed by atoms with van der Waals surface area (Å²) in [7, 11) is 0. The summed E-state index contributed by atoms with van der Waals surface area (Å²) in [4.78, 5) is 14.5. The first-order valence-corrected chi connectivity index (χ1v) is 11.1. The molecule has 1 amide bonds. The third-order valence-electron chi connectivity index (χ3n) is 7.45. The standard InChI is InChI=1S/C23H35N3O/c1-3-6-19-9-11-20(12-10-19)25-15-13-23(14-16-25)17-26(24-18(2)27)22-8-5-4-7-21(22)23/h4-5,7-8,19-20H,3,6,9-17H2,1-2H3,(H,24,27)/p+1. The number of carbonyl (C=O) groups is 1. The molecular weight excluding hydrogens is 334 g/mol. The third kappa shape index (κ3) is 3.79. The van der Waals surface area contributed by atoms with E-state index in [1.54, 1.807) is 6.92 Å². The second-order valence-electron chi connectivity index (χ2n) is 9.16. The number of quaternary nitrogens is 1. The van der Waals surface area contributed by atoms with Crippen molar-refractivity contribution in [3.63, 3.8) is 0 Å². The van der Waals surface area contributed by atoms with Crippen molar-refractivity contribution in [2.24, 2.45) is 5.92 Å². The molecule has 2 aliphatic heterocycles. The minimum absolute atomic E-state index is 0.0538. The van der Waals surface area contributed by atoms with E-state index >= 15 is 0 Å². The SMILES string of the molecule is CCCC1CCC(N2CCC3(CC2)C[NH+](NC(C)=O)c2ccccc23)CC1. The van der Waals surface area contributed by atoms with Gasteiger partial charge in [0, 0.05) is 24.6 Å². The maximum atomic E-state index is 11.7. The second-order valence-corrected chi connectivity index (χ2v) is 9.16. The fourth-order valence-corrected chi connectivity index (χ4v) is 6.03. The van der Waals surface area contributed by atoms with Crippen molar-refractivity contribution in [2.75, 3.05) is 19.6 Å². The Bertz CT molecular complexity index is 657. The van der Waals surface area contributed by atoms with Crippen molar-refractivity contribution in [3.8, 4) is 0 Å². The molecule has 0 aromatic heterocycles. The summed E-state index contributed by atoms with van der Waals surface area (Å²) >= 11 is 0. The first-order chi connectivity index (χ1) is 13.1. The lowest BCUT2D eigenvalue weighted by Crippen LogP contribution is -3.14. The summed E-state index contributed by atoms with van der Waals surface area (Å²) in [6.07, 6.45) is 10.9. The van der Waals surface area contributed by atoms with Gasteiger partial charge in [-0.2, -0.15) is 10.4 Å². The first-order valence-electron chi connectivity index (χ1n) is 11.1. The molecule has 2 fully saturated rings. The fraction of sp³-hybridized carbons (Fsp3) is 0.696. The Morgan fingerprint density at radius 1 is 1.19 bits per heavy atom. The fourth-order valence-electron chi connectivity index (χ4n) is 6.03. The lowest BCUT2D eigenvalue weighted by molar-refractivity contribution is -0.868. The summed E-state index contributed by atoms with van der Waals surface area (Å²) < 4.78 is 0. The van der Waals surface area contributed by atoms with Crippen LogP contribution in [-0.2, 0) is 10.2 Å². The molecule has 1 saturated carbocycles. The zero-order valence-electron chi connectivity index (χ0n) is 17.1. The van der Waals surface area contributed by atoms with Crippen molar-refractivity contribution >= 4 is 11.6 Å². The van der Waals surface area contributed by atoms with Crippen LogP contribution in [0.5, 0.6) is 0 Å². The highest BCUT2D eigenvalue weighted by Crippen LogP contribution is 2.42. The average Bonchev–Trinajstić information content (AvgIpc) is 2.96. The van der Waals surface area contributed by atoms with Crippen LogP contribution >= 0.6 is 0 Å². The largest absolute Gasteiger partial charge is 0.300 e. The molecule has 1 aliphatic carbocycles. The summed E-state index contributed by atoms with van der Waals surface area (Å²) in [5, 5.41) is 1.15. The Morgan fingerprint density at radius 3 is 2.56 bits per heavy atom. The van der Waals surface area contributed by atoms with Gasteiger partial charge in [0.15, 0.2) is 5.69 Å². The Balaban J connectivity index is 1.41. The van der Waals surface area contributed by atoms with Gasteiger partial charge >= 0.3 is 0 Å². The molecular formula is C23H36N3O+. The van der Waals surface area contributed by atoms with Crippen molar-refractivity contribution in [2.45, 2.75) is 76.7 Å². The normalized spacial score (nSPS) is 30.2. The van der Waals surface area contributed by atoms with Crippen LogP contribution in [0.25, 0.3) is 0 Å². The number of benzene rings is 1. The summed E-state index contributed by atoms with van der Waals surface area (Å²) in [6.45, 7) is 7.37. The van der Waals surface area contributed by atoms with Crippen LogP contribution in [0.15, 0.2) is 24.3 Å². The quantitative estimate of drug-likeness (QED) is 0.855. The highest BCUT2D eigenvalue weighted by Gasteiger charge is 2.49. The smallest absolute Gasteiger partial charge is 0.262 e. The molecule has 1 spiro atoms. The van der Waals surface area contributed by atoms with Crippen LogP contribution in [0.2, 0.25) is 0 Å². The number of piperidine rings is 1. The minimum Gasteiger partial charge on any atom is -0.300 e. The molecule has 4 heteroatoms. The number of rotatable bonds is 4. The van der Waals surface area contributed by atoms with E-state index in [1.807, 2.05) is 0 Å². The van der Waals surface area contributed by atoms with Crippen molar-refractivity contribution in [3.05, 3.63) is 29.8 Å². The van der Waals surface area contributed by atoms with E-state index in [0.717, 1.165) is 23.5 Å². The number of hydrogen-bond donors (Lipinski definition) is 2. The monoisotopic (exact) mass is 370 g/mol. The molecule has 1 aromatic carbocycles. The molecule has 0 bridgehead atoms.